The van der Waals surface area contributed by atoms with Crippen LogP contribution in [0, 0.1) is 13.8 Å². The molecule has 3 nitrogen and oxygen atoms in total. The minimum absolute atomic E-state index is 0.226. The highest BCUT2D eigenvalue weighted by atomic mass is 35.5. The molecule has 0 saturated carbocycles. The maximum atomic E-state index is 13.5. The Labute approximate surface area is 183 Å². The van der Waals surface area contributed by atoms with E-state index in [1.807, 2.05) is 37.3 Å². The smallest absolute Gasteiger partial charge is 0.261 e. The number of nitrogens with zero attached hydrogens (tertiary/aromatic N) is 2. The van der Waals surface area contributed by atoms with Gasteiger partial charge >= 0.3 is 0 Å². The predicted molar refractivity (Wildman–Crippen MR) is 123 cm³/mol. The van der Waals surface area contributed by atoms with Gasteiger partial charge in [0.1, 0.15) is 0 Å². The second kappa shape index (κ2) is 8.15. The minimum Gasteiger partial charge on any atom is -0.279 e. The van der Waals surface area contributed by atoms with E-state index in [9.17, 15) is 4.79 Å². The highest BCUT2D eigenvalue weighted by molar-refractivity contribution is 7.22. The van der Waals surface area contributed by atoms with E-state index < -0.39 is 0 Å². The van der Waals surface area contributed by atoms with E-state index in [0.717, 1.165) is 26.9 Å². The number of amides is 1. The van der Waals surface area contributed by atoms with Crippen LogP contribution in [0.2, 0.25) is 10.0 Å². The molecule has 1 amide bonds. The fourth-order valence-corrected chi connectivity index (χ4v) is 4.64. The fourth-order valence-electron chi connectivity index (χ4n) is 3.16. The first-order valence-corrected chi connectivity index (χ1v) is 10.7. The first-order chi connectivity index (χ1) is 13.9. The molecule has 3 aromatic carbocycles. The SMILES string of the molecule is Cc1ccc(C)c2sc(N(Cc3ccccc3)C(=O)c3cc(Cl)ccc3Cl)nc12. The second-order valence-corrected chi connectivity index (χ2v) is 8.70. The Bertz CT molecular complexity index is 1170. The summed E-state index contributed by atoms with van der Waals surface area (Å²) in [6, 6.07) is 18.9. The quantitative estimate of drug-likeness (QED) is 0.339. The number of hydrogen-bond acceptors (Lipinski definition) is 3. The van der Waals surface area contributed by atoms with E-state index in [1.165, 1.54) is 11.3 Å². The van der Waals surface area contributed by atoms with Gasteiger partial charge in [-0.05, 0) is 48.7 Å². The maximum Gasteiger partial charge on any atom is 0.261 e. The van der Waals surface area contributed by atoms with Crippen LogP contribution in [0.3, 0.4) is 0 Å². The summed E-state index contributed by atoms with van der Waals surface area (Å²) in [5, 5.41) is 1.47. The molecule has 0 bridgehead atoms. The number of carbonyl (C=O) groups excluding carboxylic acids is 1. The van der Waals surface area contributed by atoms with E-state index in [-0.39, 0.29) is 5.91 Å². The molecule has 29 heavy (non-hydrogen) atoms. The van der Waals surface area contributed by atoms with Crippen LogP contribution in [0.25, 0.3) is 10.2 Å². The Hall–Kier alpha value is -2.40. The lowest BCUT2D eigenvalue weighted by Gasteiger charge is -2.21. The number of fused-ring (bicyclic) bond motifs is 1. The van der Waals surface area contributed by atoms with Crippen molar-refractivity contribution in [1.82, 2.24) is 4.98 Å². The van der Waals surface area contributed by atoms with Crippen LogP contribution < -0.4 is 4.90 Å². The number of thiazole rings is 1. The van der Waals surface area contributed by atoms with Gasteiger partial charge in [0.15, 0.2) is 5.13 Å². The largest absolute Gasteiger partial charge is 0.279 e. The molecule has 0 spiro atoms. The zero-order chi connectivity index (χ0) is 20.5. The molecule has 0 aliphatic heterocycles. The third-order valence-corrected chi connectivity index (χ3v) is 6.53. The van der Waals surface area contributed by atoms with Crippen LogP contribution in [-0.4, -0.2) is 10.9 Å². The molecule has 146 valence electrons. The van der Waals surface area contributed by atoms with Gasteiger partial charge in [-0.1, -0.05) is 77.0 Å². The number of anilines is 1. The number of hydrogen-bond donors (Lipinski definition) is 0. The van der Waals surface area contributed by atoms with Gasteiger partial charge in [0.05, 0.1) is 27.3 Å². The Morgan fingerprint density at radius 3 is 2.45 bits per heavy atom. The molecule has 1 aromatic heterocycles. The van der Waals surface area contributed by atoms with Gasteiger partial charge in [0.2, 0.25) is 0 Å². The molecule has 0 radical (unpaired) electrons. The highest BCUT2D eigenvalue weighted by Crippen LogP contribution is 2.35. The summed E-state index contributed by atoms with van der Waals surface area (Å²) < 4.78 is 1.09. The standard InChI is InChI=1S/C23H18Cl2N2OS/c1-14-8-9-15(2)21-20(14)26-23(29-21)27(13-16-6-4-3-5-7-16)22(28)18-12-17(24)10-11-19(18)25/h3-12H,13H2,1-2H3. The van der Waals surface area contributed by atoms with Crippen molar-refractivity contribution in [1.29, 1.82) is 0 Å². The lowest BCUT2D eigenvalue weighted by atomic mass is 10.1. The van der Waals surface area contributed by atoms with Crippen LogP contribution in [0.4, 0.5) is 5.13 Å². The molecule has 0 N–H and O–H groups in total. The van der Waals surface area contributed by atoms with E-state index in [4.69, 9.17) is 28.2 Å². The van der Waals surface area contributed by atoms with Gasteiger partial charge in [0, 0.05) is 5.02 Å². The monoisotopic (exact) mass is 440 g/mol. The van der Waals surface area contributed by atoms with Gasteiger partial charge < -0.3 is 0 Å². The average molecular weight is 441 g/mol. The lowest BCUT2D eigenvalue weighted by Crippen LogP contribution is -2.30. The van der Waals surface area contributed by atoms with E-state index in [2.05, 4.69) is 19.1 Å². The summed E-state index contributed by atoms with van der Waals surface area (Å²) >= 11 is 14.0. The summed E-state index contributed by atoms with van der Waals surface area (Å²) in [4.78, 5) is 20.0. The predicted octanol–water partition coefficient (Wildman–Crippen LogP) is 7.07. The number of carbonyl (C=O) groups is 1. The van der Waals surface area contributed by atoms with Crippen molar-refractivity contribution in [3.63, 3.8) is 0 Å². The maximum absolute atomic E-state index is 13.5. The second-order valence-electron chi connectivity index (χ2n) is 6.87. The molecule has 4 aromatic rings. The number of halogens is 2. The van der Waals surface area contributed by atoms with Gasteiger partial charge in [-0.2, -0.15) is 0 Å². The fraction of sp³-hybridized carbons (Fsp3) is 0.130. The Morgan fingerprint density at radius 2 is 1.72 bits per heavy atom. The molecule has 0 atom stereocenters. The molecule has 0 aliphatic rings. The van der Waals surface area contributed by atoms with Crippen molar-refractivity contribution >= 4 is 55.8 Å². The van der Waals surface area contributed by atoms with E-state index >= 15 is 0 Å². The summed E-state index contributed by atoms with van der Waals surface area (Å²) in [6.07, 6.45) is 0. The molecule has 0 unspecified atom stereocenters. The van der Waals surface area contributed by atoms with Gasteiger partial charge in [-0.25, -0.2) is 4.98 Å². The van der Waals surface area contributed by atoms with Gasteiger partial charge in [-0.15, -0.1) is 0 Å². The van der Waals surface area contributed by atoms with Crippen LogP contribution >= 0.6 is 34.5 Å². The van der Waals surface area contributed by atoms with Crippen LogP contribution in [-0.2, 0) is 6.54 Å². The highest BCUT2D eigenvalue weighted by Gasteiger charge is 2.24. The number of rotatable bonds is 4. The molecule has 0 aliphatic carbocycles. The zero-order valence-electron chi connectivity index (χ0n) is 15.9. The summed E-state index contributed by atoms with van der Waals surface area (Å²) in [6.45, 7) is 4.48. The molecule has 4 rings (SSSR count). The summed E-state index contributed by atoms with van der Waals surface area (Å²) in [5.41, 5.74) is 4.52. The Balaban J connectivity index is 1.84. The molecule has 0 fully saturated rings. The number of aryl methyl sites for hydroxylation is 2. The molecule has 1 heterocycles. The van der Waals surface area contributed by atoms with Crippen molar-refractivity contribution in [3.8, 4) is 0 Å². The molecule has 6 heteroatoms. The van der Waals surface area contributed by atoms with E-state index in [0.29, 0.717) is 27.3 Å². The third-order valence-electron chi connectivity index (χ3n) is 4.75. The molecule has 0 saturated heterocycles. The zero-order valence-corrected chi connectivity index (χ0v) is 18.3. The van der Waals surface area contributed by atoms with Crippen molar-refractivity contribution in [2.24, 2.45) is 0 Å². The van der Waals surface area contributed by atoms with Crippen molar-refractivity contribution < 1.29 is 4.79 Å². The summed E-state index contributed by atoms with van der Waals surface area (Å²) in [7, 11) is 0. The Kier molecular flexibility index (Phi) is 5.59. The lowest BCUT2D eigenvalue weighted by molar-refractivity contribution is 0.0985. The number of aromatic nitrogens is 1. The molecular formula is C23H18Cl2N2OS. The Morgan fingerprint density at radius 1 is 1.00 bits per heavy atom. The van der Waals surface area contributed by atoms with Crippen molar-refractivity contribution in [3.05, 3.63) is 93.0 Å². The number of benzene rings is 3. The van der Waals surface area contributed by atoms with Crippen LogP contribution in [0.5, 0.6) is 0 Å². The van der Waals surface area contributed by atoms with Crippen LogP contribution in [0.15, 0.2) is 60.7 Å². The first kappa shape index (κ1) is 19.9. The topological polar surface area (TPSA) is 33.2 Å². The van der Waals surface area contributed by atoms with E-state index in [1.54, 1.807) is 23.1 Å². The minimum atomic E-state index is -0.226. The summed E-state index contributed by atoms with van der Waals surface area (Å²) in [5.74, 6) is -0.226. The third kappa shape index (κ3) is 4.01. The normalized spacial score (nSPS) is 11.0. The van der Waals surface area contributed by atoms with Gasteiger partial charge in [0.25, 0.3) is 5.91 Å². The first-order valence-electron chi connectivity index (χ1n) is 9.11. The van der Waals surface area contributed by atoms with Crippen molar-refractivity contribution in [2.75, 3.05) is 4.90 Å². The van der Waals surface area contributed by atoms with Gasteiger partial charge in [-0.3, -0.25) is 9.69 Å². The average Bonchev–Trinajstić information content (AvgIpc) is 3.18. The molecular weight excluding hydrogens is 423 g/mol. The van der Waals surface area contributed by atoms with Crippen molar-refractivity contribution in [2.45, 2.75) is 20.4 Å². The van der Waals surface area contributed by atoms with Crippen LogP contribution in [0.1, 0.15) is 27.0 Å².